The molecule has 0 amide bonds. The molecule has 1 N–H and O–H groups in total. The first-order chi connectivity index (χ1) is 8.69. The van der Waals surface area contributed by atoms with Crippen molar-refractivity contribution >= 4 is 5.78 Å². The van der Waals surface area contributed by atoms with Gasteiger partial charge in [-0.3, -0.25) is 4.79 Å². The molecule has 1 heterocycles. The van der Waals surface area contributed by atoms with Crippen LogP contribution in [0.25, 0.3) is 0 Å². The van der Waals surface area contributed by atoms with Crippen molar-refractivity contribution in [2.45, 2.75) is 0 Å². The molecule has 1 aliphatic rings. The summed E-state index contributed by atoms with van der Waals surface area (Å²) in [5.41, 5.74) is -0.126. The number of halogens is 1. The number of benzene rings is 1. The number of Topliss-reactive ketones (excluding diaryl/α,β-unsaturated/α-hetero) is 1. The molecule has 0 radical (unpaired) electrons. The van der Waals surface area contributed by atoms with Crippen LogP contribution in [0.4, 0.5) is 4.39 Å². The Morgan fingerprint density at radius 1 is 1.50 bits per heavy atom. The van der Waals surface area contributed by atoms with E-state index in [1.165, 1.54) is 13.2 Å². The monoisotopic (exact) mass is 255 g/mol. The number of carbonyl (C=O) groups is 1. The summed E-state index contributed by atoms with van der Waals surface area (Å²) in [7, 11) is 2.95. The third kappa shape index (κ3) is 2.11. The Morgan fingerprint density at radius 2 is 2.22 bits per heavy atom. The molecule has 0 spiro atoms. The Balaban J connectivity index is 2.56. The number of likely N-dealkylation sites (N-methyl/N-ethyl adjacent to an activating group) is 1. The molecule has 0 aromatic heterocycles. The molecular formula is C12H14FNO4. The third-order valence-corrected chi connectivity index (χ3v) is 2.57. The van der Waals surface area contributed by atoms with Crippen LogP contribution in [0.3, 0.4) is 0 Å². The van der Waals surface area contributed by atoms with Gasteiger partial charge in [-0.25, -0.2) is 4.39 Å². The van der Waals surface area contributed by atoms with Crippen molar-refractivity contribution in [3.8, 4) is 17.2 Å². The molecule has 0 saturated carbocycles. The summed E-state index contributed by atoms with van der Waals surface area (Å²) in [6, 6.07) is 1.39. The summed E-state index contributed by atoms with van der Waals surface area (Å²) >= 11 is 0. The van der Waals surface area contributed by atoms with Crippen LogP contribution in [0, 0.1) is 5.82 Å². The minimum Gasteiger partial charge on any atom is -0.494 e. The molecule has 98 valence electrons. The molecule has 18 heavy (non-hydrogen) atoms. The van der Waals surface area contributed by atoms with Crippen molar-refractivity contribution in [2.75, 3.05) is 33.9 Å². The van der Waals surface area contributed by atoms with Crippen LogP contribution in [0.5, 0.6) is 17.2 Å². The van der Waals surface area contributed by atoms with E-state index in [2.05, 4.69) is 5.32 Å². The summed E-state index contributed by atoms with van der Waals surface area (Å²) in [6.07, 6.45) is 0. The standard InChI is InChI=1S/C12H14FNO4/c1-14-6-7(15)10-11(13)8(16-2)5-9-12(10)18-4-3-17-9/h5,14H,3-4,6H2,1-2H3. The molecule has 1 aromatic rings. The molecular weight excluding hydrogens is 241 g/mol. The lowest BCUT2D eigenvalue weighted by molar-refractivity contribution is 0.0976. The van der Waals surface area contributed by atoms with Gasteiger partial charge in [-0.15, -0.1) is 0 Å². The highest BCUT2D eigenvalue weighted by molar-refractivity contribution is 6.01. The van der Waals surface area contributed by atoms with Gasteiger partial charge in [-0.05, 0) is 7.05 Å². The zero-order chi connectivity index (χ0) is 13.1. The minimum atomic E-state index is -0.720. The van der Waals surface area contributed by atoms with Gasteiger partial charge < -0.3 is 19.5 Å². The first-order valence-corrected chi connectivity index (χ1v) is 5.53. The lowest BCUT2D eigenvalue weighted by Gasteiger charge is -2.22. The smallest absolute Gasteiger partial charge is 0.183 e. The number of hydrogen-bond acceptors (Lipinski definition) is 5. The third-order valence-electron chi connectivity index (χ3n) is 2.57. The van der Waals surface area contributed by atoms with E-state index in [9.17, 15) is 9.18 Å². The van der Waals surface area contributed by atoms with Crippen LogP contribution in [0.2, 0.25) is 0 Å². The average molecular weight is 255 g/mol. The van der Waals surface area contributed by atoms with Crippen LogP contribution in [-0.4, -0.2) is 39.7 Å². The van der Waals surface area contributed by atoms with Crippen molar-refractivity contribution in [3.05, 3.63) is 17.4 Å². The van der Waals surface area contributed by atoms with Crippen LogP contribution >= 0.6 is 0 Å². The van der Waals surface area contributed by atoms with E-state index >= 15 is 0 Å². The topological polar surface area (TPSA) is 56.8 Å². The maximum Gasteiger partial charge on any atom is 0.183 e. The van der Waals surface area contributed by atoms with E-state index in [0.717, 1.165) is 0 Å². The van der Waals surface area contributed by atoms with E-state index in [0.29, 0.717) is 19.0 Å². The van der Waals surface area contributed by atoms with Gasteiger partial charge in [0.1, 0.15) is 18.8 Å². The summed E-state index contributed by atoms with van der Waals surface area (Å²) < 4.78 is 29.7. The number of rotatable bonds is 4. The van der Waals surface area contributed by atoms with Crippen molar-refractivity contribution in [1.82, 2.24) is 5.32 Å². The van der Waals surface area contributed by atoms with Crippen molar-refractivity contribution in [1.29, 1.82) is 0 Å². The van der Waals surface area contributed by atoms with Gasteiger partial charge in [0.2, 0.25) is 0 Å². The molecule has 2 rings (SSSR count). The molecule has 1 aliphatic heterocycles. The average Bonchev–Trinajstić information content (AvgIpc) is 2.38. The number of hydrogen-bond donors (Lipinski definition) is 1. The molecule has 0 aliphatic carbocycles. The first kappa shape index (κ1) is 12.6. The van der Waals surface area contributed by atoms with E-state index < -0.39 is 11.6 Å². The zero-order valence-corrected chi connectivity index (χ0v) is 10.2. The molecule has 5 nitrogen and oxygen atoms in total. The molecule has 0 unspecified atom stereocenters. The summed E-state index contributed by atoms with van der Waals surface area (Å²) in [4.78, 5) is 11.9. The number of nitrogens with one attached hydrogen (secondary N) is 1. The maximum atomic E-state index is 14.1. The molecule has 0 fully saturated rings. The Hall–Kier alpha value is -1.82. The molecule has 6 heteroatoms. The van der Waals surface area contributed by atoms with Gasteiger partial charge in [0, 0.05) is 6.07 Å². The van der Waals surface area contributed by atoms with Crippen LogP contribution in [-0.2, 0) is 0 Å². The largest absolute Gasteiger partial charge is 0.494 e. The lowest BCUT2D eigenvalue weighted by atomic mass is 10.1. The maximum absolute atomic E-state index is 14.1. The van der Waals surface area contributed by atoms with Crippen molar-refractivity contribution < 1.29 is 23.4 Å². The van der Waals surface area contributed by atoms with Gasteiger partial charge >= 0.3 is 0 Å². The van der Waals surface area contributed by atoms with Gasteiger partial charge in [0.25, 0.3) is 0 Å². The predicted molar refractivity (Wildman–Crippen MR) is 62.2 cm³/mol. The number of methoxy groups -OCH3 is 1. The minimum absolute atomic E-state index is 0.0138. The molecule has 1 aromatic carbocycles. The van der Waals surface area contributed by atoms with Gasteiger partial charge in [0.05, 0.1) is 13.7 Å². The van der Waals surface area contributed by atoms with Crippen LogP contribution < -0.4 is 19.5 Å². The van der Waals surface area contributed by atoms with Gasteiger partial charge in [0.15, 0.2) is 28.8 Å². The summed E-state index contributed by atoms with van der Waals surface area (Å²) in [5, 5.41) is 2.68. The lowest BCUT2D eigenvalue weighted by Crippen LogP contribution is -2.24. The van der Waals surface area contributed by atoms with E-state index in [-0.39, 0.29) is 23.6 Å². The predicted octanol–water partition coefficient (Wildman–Crippen LogP) is 1.01. The molecule has 0 bridgehead atoms. The van der Waals surface area contributed by atoms with E-state index in [1.807, 2.05) is 0 Å². The second-order valence-corrected chi connectivity index (χ2v) is 3.75. The fourth-order valence-corrected chi connectivity index (χ4v) is 1.79. The highest BCUT2D eigenvalue weighted by atomic mass is 19.1. The Kier molecular flexibility index (Phi) is 3.66. The first-order valence-electron chi connectivity index (χ1n) is 5.53. The SMILES string of the molecule is CNCC(=O)c1c(F)c(OC)cc2c1OCCO2. The zero-order valence-electron chi connectivity index (χ0n) is 10.2. The fourth-order valence-electron chi connectivity index (χ4n) is 1.79. The highest BCUT2D eigenvalue weighted by Crippen LogP contribution is 2.40. The second-order valence-electron chi connectivity index (χ2n) is 3.75. The second kappa shape index (κ2) is 5.22. The summed E-state index contributed by atoms with van der Waals surface area (Å²) in [6.45, 7) is 0.667. The van der Waals surface area contributed by atoms with Gasteiger partial charge in [-0.2, -0.15) is 0 Å². The number of carbonyl (C=O) groups excluding carboxylic acids is 1. The van der Waals surface area contributed by atoms with Crippen molar-refractivity contribution in [2.24, 2.45) is 0 Å². The molecule has 0 saturated heterocycles. The van der Waals surface area contributed by atoms with E-state index in [1.54, 1.807) is 7.05 Å². The number of ketones is 1. The van der Waals surface area contributed by atoms with Crippen LogP contribution in [0.1, 0.15) is 10.4 Å². The number of fused-ring (bicyclic) bond motifs is 1. The normalized spacial score (nSPS) is 13.3. The molecule has 0 atom stereocenters. The fraction of sp³-hybridized carbons (Fsp3) is 0.417. The Morgan fingerprint density at radius 3 is 2.89 bits per heavy atom. The Labute approximate surface area is 104 Å². The summed E-state index contributed by atoms with van der Waals surface area (Å²) in [5.74, 6) is -0.671. The highest BCUT2D eigenvalue weighted by Gasteiger charge is 2.27. The van der Waals surface area contributed by atoms with Crippen LogP contribution in [0.15, 0.2) is 6.07 Å². The quantitative estimate of drug-likeness (QED) is 0.814. The van der Waals surface area contributed by atoms with E-state index in [4.69, 9.17) is 14.2 Å². The number of ether oxygens (including phenoxy) is 3. The van der Waals surface area contributed by atoms with Gasteiger partial charge in [-0.1, -0.05) is 0 Å². The van der Waals surface area contributed by atoms with Crippen molar-refractivity contribution in [3.63, 3.8) is 0 Å². The Bertz CT molecular complexity index is 476.